The summed E-state index contributed by atoms with van der Waals surface area (Å²) < 4.78 is 41.5. The van der Waals surface area contributed by atoms with Gasteiger partial charge in [-0.25, -0.2) is 24.1 Å². The molecule has 0 heterocycles. The predicted octanol–water partition coefficient (Wildman–Crippen LogP) is 5.34. The quantitative estimate of drug-likeness (QED) is 0.146. The first-order chi connectivity index (χ1) is 15.8. The van der Waals surface area contributed by atoms with Crippen molar-refractivity contribution in [1.82, 2.24) is 5.12 Å². The number of amidine groups is 1. The van der Waals surface area contributed by atoms with E-state index in [0.29, 0.717) is 30.4 Å². The number of alkyl halides is 2. The molecule has 0 aromatic heterocycles. The van der Waals surface area contributed by atoms with Crippen LogP contribution in [0.25, 0.3) is 0 Å². The van der Waals surface area contributed by atoms with E-state index in [9.17, 15) is 18.3 Å². The standard InChI is InChI=1S/C26H39F3N4O/c1-24(2,34)26(28,29)16-5-7-20-10-13-22-18(6-4-15-25(20,22)3)14-17-33(31)32-23(30)19-8-11-21(27)12-9-19/h8-9,11-12,14,20,22,34H,4-7,10,13,15-17,31H2,1-3H3,(H2,30,32)/b18-14+/t20?,22?,25-/m1/s1. The number of fused-ring (bicyclic) bond motifs is 1. The van der Waals surface area contributed by atoms with Crippen LogP contribution in [0.5, 0.6) is 0 Å². The lowest BCUT2D eigenvalue weighted by Gasteiger charge is -2.43. The summed E-state index contributed by atoms with van der Waals surface area (Å²) in [5, 5.41) is 15.2. The average molecular weight is 481 g/mol. The van der Waals surface area contributed by atoms with Crippen molar-refractivity contribution in [2.45, 2.75) is 83.7 Å². The molecule has 34 heavy (non-hydrogen) atoms. The van der Waals surface area contributed by atoms with E-state index in [4.69, 9.17) is 11.6 Å². The highest BCUT2D eigenvalue weighted by Gasteiger charge is 2.49. The summed E-state index contributed by atoms with van der Waals surface area (Å²) in [5.74, 6) is 3.68. The van der Waals surface area contributed by atoms with Gasteiger partial charge in [0.15, 0.2) is 5.84 Å². The molecule has 3 rings (SSSR count). The molecule has 0 radical (unpaired) electrons. The lowest BCUT2D eigenvalue weighted by atomic mass is 9.62. The van der Waals surface area contributed by atoms with Crippen molar-refractivity contribution < 1.29 is 18.3 Å². The maximum atomic E-state index is 14.2. The fraction of sp³-hybridized carbons (Fsp3) is 0.654. The van der Waals surface area contributed by atoms with Gasteiger partial charge in [0.25, 0.3) is 5.92 Å². The van der Waals surface area contributed by atoms with Crippen LogP contribution in [0, 0.1) is 23.1 Å². The Balaban J connectivity index is 1.60. The van der Waals surface area contributed by atoms with Crippen molar-refractivity contribution in [2.24, 2.45) is 33.9 Å². The van der Waals surface area contributed by atoms with E-state index in [1.54, 1.807) is 12.1 Å². The predicted molar refractivity (Wildman–Crippen MR) is 129 cm³/mol. The zero-order chi connectivity index (χ0) is 25.1. The number of nitrogens with zero attached hydrogens (tertiary/aromatic N) is 2. The molecule has 1 aromatic rings. The SMILES string of the molecule is CC(C)(O)C(F)(F)CCCC1CCC2/C(=C/CN(N)/N=C(\N)c3ccc(F)cc3)CCC[C@]12C. The van der Waals surface area contributed by atoms with Crippen LogP contribution in [0.2, 0.25) is 0 Å². The van der Waals surface area contributed by atoms with E-state index in [2.05, 4.69) is 18.1 Å². The van der Waals surface area contributed by atoms with Crippen LogP contribution >= 0.6 is 0 Å². The molecule has 2 aliphatic carbocycles. The molecule has 2 unspecified atom stereocenters. The van der Waals surface area contributed by atoms with Gasteiger partial charge in [-0.2, -0.15) is 0 Å². The second-order valence-electron chi connectivity index (χ2n) is 10.7. The summed E-state index contributed by atoms with van der Waals surface area (Å²) in [5.41, 5.74) is 6.07. The molecule has 0 spiro atoms. The largest absolute Gasteiger partial charge is 0.384 e. The summed E-state index contributed by atoms with van der Waals surface area (Å²) in [4.78, 5) is 0. The van der Waals surface area contributed by atoms with Gasteiger partial charge in [-0.3, -0.25) is 0 Å². The molecule has 0 amide bonds. The van der Waals surface area contributed by atoms with E-state index in [1.807, 2.05) is 0 Å². The molecular formula is C26H39F3N4O. The van der Waals surface area contributed by atoms with Crippen LogP contribution in [0.4, 0.5) is 13.2 Å². The summed E-state index contributed by atoms with van der Waals surface area (Å²) >= 11 is 0. The highest BCUT2D eigenvalue weighted by atomic mass is 19.3. The first-order valence-electron chi connectivity index (χ1n) is 12.2. The molecule has 0 bridgehead atoms. The van der Waals surface area contributed by atoms with Crippen LogP contribution in [-0.4, -0.2) is 34.1 Å². The molecule has 3 atom stereocenters. The molecule has 5 nitrogen and oxygen atoms in total. The number of allylic oxidation sites excluding steroid dienone is 1. The Labute approximate surface area is 201 Å². The van der Waals surface area contributed by atoms with Gasteiger partial charge in [0, 0.05) is 12.0 Å². The number of benzene rings is 1. The Kier molecular flexibility index (Phi) is 8.03. The molecule has 2 fully saturated rings. The highest BCUT2D eigenvalue weighted by molar-refractivity contribution is 5.97. The van der Waals surface area contributed by atoms with Crippen LogP contribution in [0.3, 0.4) is 0 Å². The number of hydrazine groups is 1. The molecule has 0 aliphatic heterocycles. The number of hydrazone groups is 1. The summed E-state index contributed by atoms with van der Waals surface area (Å²) in [7, 11) is 0. The van der Waals surface area contributed by atoms with Crippen LogP contribution < -0.4 is 11.6 Å². The summed E-state index contributed by atoms with van der Waals surface area (Å²) in [6, 6.07) is 5.77. The minimum Gasteiger partial charge on any atom is -0.384 e. The Morgan fingerprint density at radius 2 is 1.94 bits per heavy atom. The van der Waals surface area contributed by atoms with Gasteiger partial charge in [0.1, 0.15) is 11.4 Å². The fourth-order valence-corrected chi connectivity index (χ4v) is 5.81. The number of hydrogen-bond donors (Lipinski definition) is 3. The monoisotopic (exact) mass is 480 g/mol. The topological polar surface area (TPSA) is 87.9 Å². The molecule has 5 N–H and O–H groups in total. The van der Waals surface area contributed by atoms with E-state index >= 15 is 0 Å². The maximum Gasteiger partial charge on any atom is 0.275 e. The highest BCUT2D eigenvalue weighted by Crippen LogP contribution is 2.58. The lowest BCUT2D eigenvalue weighted by molar-refractivity contribution is -0.166. The van der Waals surface area contributed by atoms with Crippen molar-refractivity contribution >= 4 is 5.84 Å². The van der Waals surface area contributed by atoms with Crippen molar-refractivity contribution in [1.29, 1.82) is 0 Å². The number of nitrogens with two attached hydrogens (primary N) is 2. The Bertz CT molecular complexity index is 894. The van der Waals surface area contributed by atoms with Crippen molar-refractivity contribution in [3.63, 3.8) is 0 Å². The minimum atomic E-state index is -3.08. The second kappa shape index (κ2) is 10.3. The van der Waals surface area contributed by atoms with Crippen LogP contribution in [0.15, 0.2) is 41.0 Å². The number of aliphatic hydroxyl groups is 1. The van der Waals surface area contributed by atoms with Gasteiger partial charge in [0.2, 0.25) is 0 Å². The summed E-state index contributed by atoms with van der Waals surface area (Å²) in [6.07, 6.45) is 8.29. The van der Waals surface area contributed by atoms with Gasteiger partial charge < -0.3 is 10.8 Å². The van der Waals surface area contributed by atoms with Gasteiger partial charge in [-0.15, -0.1) is 5.10 Å². The van der Waals surface area contributed by atoms with E-state index in [0.717, 1.165) is 38.5 Å². The third kappa shape index (κ3) is 5.95. The first kappa shape index (κ1) is 26.5. The van der Waals surface area contributed by atoms with E-state index in [-0.39, 0.29) is 23.5 Å². The van der Waals surface area contributed by atoms with Crippen molar-refractivity contribution in [2.75, 3.05) is 6.54 Å². The smallest absolute Gasteiger partial charge is 0.275 e. The van der Waals surface area contributed by atoms with Crippen molar-refractivity contribution in [3.8, 4) is 0 Å². The zero-order valence-corrected chi connectivity index (χ0v) is 20.5. The molecular weight excluding hydrogens is 441 g/mol. The molecule has 2 saturated carbocycles. The third-order valence-corrected chi connectivity index (χ3v) is 8.02. The minimum absolute atomic E-state index is 0.101. The fourth-order valence-electron chi connectivity index (χ4n) is 5.81. The molecule has 1 aromatic carbocycles. The van der Waals surface area contributed by atoms with Gasteiger partial charge in [-0.1, -0.05) is 18.6 Å². The lowest BCUT2D eigenvalue weighted by Crippen LogP contribution is -2.42. The number of rotatable bonds is 9. The Morgan fingerprint density at radius 1 is 1.26 bits per heavy atom. The van der Waals surface area contributed by atoms with Crippen LogP contribution in [-0.2, 0) is 0 Å². The molecule has 190 valence electrons. The average Bonchev–Trinajstić information content (AvgIpc) is 3.08. The number of halogens is 3. The number of hydrogen-bond acceptors (Lipinski definition) is 4. The van der Waals surface area contributed by atoms with E-state index < -0.39 is 11.5 Å². The normalized spacial score (nSPS) is 27.2. The molecule has 0 saturated heterocycles. The maximum absolute atomic E-state index is 14.2. The first-order valence-corrected chi connectivity index (χ1v) is 12.2. The Hall–Kier alpha value is -2.06. The molecule has 8 heteroatoms. The Morgan fingerprint density at radius 3 is 2.59 bits per heavy atom. The zero-order valence-electron chi connectivity index (χ0n) is 20.5. The molecule has 2 aliphatic rings. The van der Waals surface area contributed by atoms with E-state index in [1.165, 1.54) is 36.7 Å². The second-order valence-corrected chi connectivity index (χ2v) is 10.7. The van der Waals surface area contributed by atoms with Gasteiger partial charge in [-0.05, 0) is 100 Å². The summed E-state index contributed by atoms with van der Waals surface area (Å²) in [6.45, 7) is 5.07. The van der Waals surface area contributed by atoms with Gasteiger partial charge in [0.05, 0.1) is 6.54 Å². The third-order valence-electron chi connectivity index (χ3n) is 8.02. The van der Waals surface area contributed by atoms with Crippen LogP contribution in [0.1, 0.15) is 77.7 Å². The van der Waals surface area contributed by atoms with Gasteiger partial charge >= 0.3 is 0 Å². The van der Waals surface area contributed by atoms with Crippen molar-refractivity contribution in [3.05, 3.63) is 47.3 Å².